The number of rotatable bonds is 4. The Kier molecular flexibility index (Phi) is 5.07. The van der Waals surface area contributed by atoms with Crippen molar-refractivity contribution < 1.29 is 14.4 Å². The maximum atomic E-state index is 10.8. The molecular weight excluding hydrogens is 224 g/mol. The first-order valence-electron chi connectivity index (χ1n) is 3.41. The van der Waals surface area contributed by atoms with Crippen LogP contribution < -0.4 is 0 Å². The van der Waals surface area contributed by atoms with Gasteiger partial charge in [-0.3, -0.25) is 4.57 Å². The summed E-state index contributed by atoms with van der Waals surface area (Å²) in [5.74, 6) is -0.983. The Morgan fingerprint density at radius 2 is 1.83 bits per heavy atom. The van der Waals surface area contributed by atoms with Gasteiger partial charge in [-0.25, -0.2) is 0 Å². The molecular formula is C5H12Cl2NO3P. The van der Waals surface area contributed by atoms with Gasteiger partial charge in [-0.2, -0.15) is 0 Å². The summed E-state index contributed by atoms with van der Waals surface area (Å²) in [5, 5.41) is 0. The third-order valence-corrected chi connectivity index (χ3v) is 3.26. The maximum Gasteiger partial charge on any atom is 0.345 e. The molecule has 0 saturated carbocycles. The molecule has 0 amide bonds. The molecule has 0 saturated heterocycles. The highest BCUT2D eigenvalue weighted by Gasteiger charge is 2.33. The van der Waals surface area contributed by atoms with Gasteiger partial charge in [0.2, 0.25) is 0 Å². The number of nitrogens with zero attached hydrogens (tertiary/aromatic N) is 1. The summed E-state index contributed by atoms with van der Waals surface area (Å²) in [4.78, 5) is 17.6. The second-order valence-electron chi connectivity index (χ2n) is 2.96. The van der Waals surface area contributed by atoms with Crippen molar-refractivity contribution in [2.75, 3.05) is 0 Å². The molecule has 0 radical (unpaired) electrons. The molecule has 1 atom stereocenters. The Morgan fingerprint density at radius 1 is 1.42 bits per heavy atom. The molecule has 0 spiro atoms. The normalized spacial score (nSPS) is 15.7. The molecule has 0 aliphatic rings. The Hall–Kier alpha value is 0.690. The fraction of sp³-hybridized carbons (Fsp3) is 1.00. The van der Waals surface area contributed by atoms with Gasteiger partial charge in [0, 0.05) is 0 Å². The summed E-state index contributed by atoms with van der Waals surface area (Å²) in [6.07, 6.45) is 0.261. The van der Waals surface area contributed by atoms with Crippen molar-refractivity contribution in [1.82, 2.24) is 3.94 Å². The van der Waals surface area contributed by atoms with Crippen molar-refractivity contribution in [3.8, 4) is 0 Å². The van der Waals surface area contributed by atoms with Gasteiger partial charge >= 0.3 is 7.60 Å². The molecule has 4 nitrogen and oxygen atoms in total. The lowest BCUT2D eigenvalue weighted by atomic mass is 10.1. The minimum atomic E-state index is -4.22. The molecule has 0 aromatic carbocycles. The lowest BCUT2D eigenvalue weighted by Crippen LogP contribution is -2.21. The molecule has 12 heavy (non-hydrogen) atoms. The Bertz CT molecular complexity index is 182. The molecule has 0 bridgehead atoms. The largest absolute Gasteiger partial charge is 0.345 e. The molecule has 0 unspecified atom stereocenters. The van der Waals surface area contributed by atoms with Crippen LogP contribution in [0.25, 0.3) is 0 Å². The van der Waals surface area contributed by atoms with E-state index < -0.39 is 13.4 Å². The van der Waals surface area contributed by atoms with Crippen molar-refractivity contribution in [2.24, 2.45) is 5.92 Å². The average molecular weight is 236 g/mol. The van der Waals surface area contributed by atoms with E-state index in [0.29, 0.717) is 3.94 Å². The molecule has 0 aromatic rings. The van der Waals surface area contributed by atoms with Gasteiger partial charge in [-0.05, 0) is 35.9 Å². The van der Waals surface area contributed by atoms with E-state index in [1.165, 1.54) is 0 Å². The fourth-order valence-electron chi connectivity index (χ4n) is 0.752. The van der Waals surface area contributed by atoms with Crippen molar-refractivity contribution in [2.45, 2.75) is 26.1 Å². The summed E-state index contributed by atoms with van der Waals surface area (Å²) in [7, 11) is -4.22. The first kappa shape index (κ1) is 12.7. The zero-order valence-corrected chi connectivity index (χ0v) is 9.22. The van der Waals surface area contributed by atoms with Gasteiger partial charge in [0.15, 0.2) is 0 Å². The summed E-state index contributed by atoms with van der Waals surface area (Å²) in [6.45, 7) is 3.67. The van der Waals surface area contributed by atoms with Gasteiger partial charge in [-0.1, -0.05) is 13.8 Å². The molecule has 0 fully saturated rings. The van der Waals surface area contributed by atoms with Crippen LogP contribution in [0.15, 0.2) is 0 Å². The Morgan fingerprint density at radius 3 is 1.92 bits per heavy atom. The molecule has 0 heterocycles. The molecule has 7 heteroatoms. The van der Waals surface area contributed by atoms with Crippen LogP contribution in [0.2, 0.25) is 0 Å². The van der Waals surface area contributed by atoms with Crippen LogP contribution in [0, 0.1) is 5.92 Å². The van der Waals surface area contributed by atoms with Gasteiger partial charge in [0.25, 0.3) is 0 Å². The minimum absolute atomic E-state index is 0.127. The molecule has 0 aromatic heterocycles. The van der Waals surface area contributed by atoms with E-state index in [1.807, 2.05) is 13.8 Å². The van der Waals surface area contributed by atoms with Crippen LogP contribution in [-0.2, 0) is 4.57 Å². The van der Waals surface area contributed by atoms with E-state index in [1.54, 1.807) is 0 Å². The van der Waals surface area contributed by atoms with Crippen LogP contribution in [-0.4, -0.2) is 19.5 Å². The van der Waals surface area contributed by atoms with Crippen LogP contribution in [0.1, 0.15) is 20.3 Å². The Labute approximate surface area is 81.8 Å². The lowest BCUT2D eigenvalue weighted by molar-refractivity contribution is 0.323. The standard InChI is InChI=1S/C5H12Cl2NO3P/c1-4(2)3-5(8(6)7)12(9,10)11/h4-5H,3H2,1-2H3,(H2,9,10,11)/t5-/m1/s1. The number of halogens is 2. The lowest BCUT2D eigenvalue weighted by Gasteiger charge is -2.21. The summed E-state index contributed by atoms with van der Waals surface area (Å²) in [6, 6.07) is 0. The van der Waals surface area contributed by atoms with Crippen molar-refractivity contribution >= 4 is 31.1 Å². The highest BCUT2D eigenvalue weighted by molar-refractivity contribution is 7.52. The van der Waals surface area contributed by atoms with Crippen molar-refractivity contribution in [3.05, 3.63) is 0 Å². The predicted octanol–water partition coefficient (Wildman–Crippen LogP) is 2.15. The highest BCUT2D eigenvalue weighted by Crippen LogP contribution is 2.47. The Balaban J connectivity index is 4.36. The first-order chi connectivity index (χ1) is 5.25. The van der Waals surface area contributed by atoms with E-state index in [9.17, 15) is 4.57 Å². The SMILES string of the molecule is CC(C)C[C@H](N(Cl)Cl)P(=O)(O)O. The van der Waals surface area contributed by atoms with Gasteiger partial charge < -0.3 is 9.79 Å². The second-order valence-corrected chi connectivity index (χ2v) is 5.63. The average Bonchev–Trinajstić information content (AvgIpc) is 1.79. The predicted molar refractivity (Wildman–Crippen MR) is 48.8 cm³/mol. The zero-order valence-electron chi connectivity index (χ0n) is 6.81. The molecule has 74 valence electrons. The minimum Gasteiger partial charge on any atom is -0.323 e. The molecule has 0 rings (SSSR count). The first-order valence-corrected chi connectivity index (χ1v) is 5.77. The highest BCUT2D eigenvalue weighted by atomic mass is 35.5. The van der Waals surface area contributed by atoms with Crippen LogP contribution in [0.3, 0.4) is 0 Å². The summed E-state index contributed by atoms with van der Waals surface area (Å²) >= 11 is 10.6. The van der Waals surface area contributed by atoms with E-state index >= 15 is 0 Å². The molecule has 2 N–H and O–H groups in total. The van der Waals surface area contributed by atoms with Gasteiger partial charge in [-0.15, -0.1) is 3.94 Å². The topological polar surface area (TPSA) is 60.8 Å². The maximum absolute atomic E-state index is 10.8. The van der Waals surface area contributed by atoms with E-state index in [-0.39, 0.29) is 12.3 Å². The number of hydrogen-bond donors (Lipinski definition) is 2. The van der Waals surface area contributed by atoms with Crippen molar-refractivity contribution in [3.63, 3.8) is 0 Å². The van der Waals surface area contributed by atoms with Crippen LogP contribution in [0.4, 0.5) is 0 Å². The van der Waals surface area contributed by atoms with Crippen LogP contribution >= 0.6 is 31.1 Å². The smallest absolute Gasteiger partial charge is 0.323 e. The zero-order chi connectivity index (χ0) is 9.94. The summed E-state index contributed by atoms with van der Waals surface area (Å²) < 4.78 is 11.3. The van der Waals surface area contributed by atoms with Gasteiger partial charge in [0.05, 0.1) is 0 Å². The van der Waals surface area contributed by atoms with Crippen molar-refractivity contribution in [1.29, 1.82) is 0 Å². The van der Waals surface area contributed by atoms with Gasteiger partial charge in [0.1, 0.15) is 5.78 Å². The fourth-order valence-corrected chi connectivity index (χ4v) is 2.52. The second kappa shape index (κ2) is 4.80. The van der Waals surface area contributed by atoms with E-state index in [2.05, 4.69) is 0 Å². The summed E-state index contributed by atoms with van der Waals surface area (Å²) in [5.41, 5.74) is 0. The third-order valence-electron chi connectivity index (χ3n) is 1.30. The van der Waals surface area contributed by atoms with Crippen LogP contribution in [0.5, 0.6) is 0 Å². The molecule has 0 aliphatic carbocycles. The van der Waals surface area contributed by atoms with E-state index in [4.69, 9.17) is 33.3 Å². The quantitative estimate of drug-likeness (QED) is 0.579. The third kappa shape index (κ3) is 4.65. The molecule has 0 aliphatic heterocycles. The van der Waals surface area contributed by atoms with E-state index in [0.717, 1.165) is 0 Å². The number of hydrogen-bond acceptors (Lipinski definition) is 2. The monoisotopic (exact) mass is 235 g/mol.